The number of rotatable bonds is 5. The van der Waals surface area contributed by atoms with E-state index < -0.39 is 23.5 Å². The molecule has 32 heavy (non-hydrogen) atoms. The highest BCUT2D eigenvalue weighted by Gasteiger charge is 2.47. The number of para-hydroxylation sites is 1. The number of hydrogen-bond donors (Lipinski definition) is 1. The minimum atomic E-state index is -0.693. The molecule has 1 aliphatic carbocycles. The molecule has 0 bridgehead atoms. The molecule has 1 fully saturated rings. The summed E-state index contributed by atoms with van der Waals surface area (Å²) in [5, 5.41) is 11.7. The van der Waals surface area contributed by atoms with Crippen LogP contribution in [0.4, 0.5) is 0 Å². The van der Waals surface area contributed by atoms with Gasteiger partial charge in [-0.3, -0.25) is 9.59 Å². The Labute approximate surface area is 186 Å². The van der Waals surface area contributed by atoms with Gasteiger partial charge in [-0.05, 0) is 42.7 Å². The van der Waals surface area contributed by atoms with Crippen LogP contribution in [0.15, 0.2) is 70.3 Å². The molecule has 1 atom stereocenters. The highest BCUT2D eigenvalue weighted by molar-refractivity contribution is 6.16. The van der Waals surface area contributed by atoms with Gasteiger partial charge in [0, 0.05) is 11.4 Å². The van der Waals surface area contributed by atoms with Crippen molar-refractivity contribution >= 4 is 22.7 Å². The Morgan fingerprint density at radius 2 is 1.84 bits per heavy atom. The third kappa shape index (κ3) is 3.36. The largest absolute Gasteiger partial charge is 0.503 e. The lowest BCUT2D eigenvalue weighted by atomic mass is 9.90. The molecule has 1 unspecified atom stereocenters. The van der Waals surface area contributed by atoms with E-state index in [0.717, 1.165) is 43.1 Å². The zero-order chi connectivity index (χ0) is 22.2. The average Bonchev–Trinajstić information content (AvgIpc) is 3.38. The third-order valence-corrected chi connectivity index (χ3v) is 6.52. The van der Waals surface area contributed by atoms with Crippen LogP contribution >= 0.6 is 0 Å². The van der Waals surface area contributed by atoms with Gasteiger partial charge in [-0.25, -0.2) is 0 Å². The first-order valence-corrected chi connectivity index (χ1v) is 11.0. The Hall–Kier alpha value is -3.54. The van der Waals surface area contributed by atoms with Crippen molar-refractivity contribution in [2.24, 2.45) is 0 Å². The first-order valence-electron chi connectivity index (χ1n) is 11.0. The van der Waals surface area contributed by atoms with Crippen molar-refractivity contribution in [2.45, 2.75) is 44.2 Å². The Balaban J connectivity index is 1.62. The van der Waals surface area contributed by atoms with E-state index in [4.69, 9.17) is 9.15 Å². The van der Waals surface area contributed by atoms with Crippen molar-refractivity contribution in [1.82, 2.24) is 4.90 Å². The van der Waals surface area contributed by atoms with Crippen LogP contribution in [0.3, 0.4) is 0 Å². The van der Waals surface area contributed by atoms with Gasteiger partial charge in [-0.15, -0.1) is 0 Å². The lowest BCUT2D eigenvalue weighted by molar-refractivity contribution is -0.132. The maximum Gasteiger partial charge on any atom is 0.290 e. The van der Waals surface area contributed by atoms with Gasteiger partial charge in [0.2, 0.25) is 5.78 Å². The Morgan fingerprint density at radius 1 is 1.06 bits per heavy atom. The summed E-state index contributed by atoms with van der Waals surface area (Å²) in [5.74, 6) is -0.726. The minimum Gasteiger partial charge on any atom is -0.503 e. The van der Waals surface area contributed by atoms with Crippen LogP contribution in [0.1, 0.15) is 54.3 Å². The van der Waals surface area contributed by atoms with Crippen LogP contribution < -0.4 is 4.74 Å². The second kappa shape index (κ2) is 8.19. The fourth-order valence-corrected chi connectivity index (χ4v) is 4.96. The molecule has 2 heterocycles. The van der Waals surface area contributed by atoms with Crippen LogP contribution in [0, 0.1) is 0 Å². The molecule has 2 aliphatic rings. The zero-order valence-corrected chi connectivity index (χ0v) is 17.9. The molecular weight excluding hydrogens is 406 g/mol. The van der Waals surface area contributed by atoms with Crippen molar-refractivity contribution in [3.63, 3.8) is 0 Å². The highest BCUT2D eigenvalue weighted by atomic mass is 16.5. The number of ether oxygens (including phenoxy) is 1. The van der Waals surface area contributed by atoms with Gasteiger partial charge < -0.3 is 19.2 Å². The van der Waals surface area contributed by atoms with Gasteiger partial charge in [0.25, 0.3) is 5.91 Å². The second-order valence-corrected chi connectivity index (χ2v) is 8.42. The topological polar surface area (TPSA) is 80.0 Å². The van der Waals surface area contributed by atoms with E-state index in [0.29, 0.717) is 11.3 Å². The van der Waals surface area contributed by atoms with E-state index in [1.165, 1.54) is 0 Å². The van der Waals surface area contributed by atoms with Crippen molar-refractivity contribution in [2.75, 3.05) is 7.11 Å². The van der Waals surface area contributed by atoms with Crippen molar-refractivity contribution < 1.29 is 23.8 Å². The standard InChI is InChI=1S/C26H25NO5/c1-31-19-12-7-9-17(14-19)23-22(24(28)21-15-16-8-5-6-13-20(16)32-21)25(29)26(30)27(23)18-10-3-2-4-11-18/h5-9,12-15,18,23,29H,2-4,10-11H2,1H3. The summed E-state index contributed by atoms with van der Waals surface area (Å²) in [6.45, 7) is 0. The van der Waals surface area contributed by atoms with Crippen LogP contribution in [0.25, 0.3) is 11.0 Å². The highest BCUT2D eigenvalue weighted by Crippen LogP contribution is 2.43. The molecular formula is C26H25NO5. The number of aliphatic hydroxyl groups is 1. The quantitative estimate of drug-likeness (QED) is 0.551. The van der Waals surface area contributed by atoms with Crippen molar-refractivity contribution in [3.05, 3.63) is 77.3 Å². The predicted octanol–water partition coefficient (Wildman–Crippen LogP) is 5.35. The fraction of sp³-hybridized carbons (Fsp3) is 0.308. The normalized spacial score (nSPS) is 19.7. The minimum absolute atomic E-state index is 0.0319. The molecule has 6 heteroatoms. The van der Waals surface area contributed by atoms with E-state index in [1.54, 1.807) is 24.1 Å². The SMILES string of the molecule is COc1cccc(C2C(C(=O)c3cc4ccccc4o3)=C(O)C(=O)N2C2CCCCC2)c1. The lowest BCUT2D eigenvalue weighted by Crippen LogP contribution is -2.41. The molecule has 3 aromatic rings. The van der Waals surface area contributed by atoms with Crippen LogP contribution in [0.5, 0.6) is 5.75 Å². The number of furan rings is 1. The van der Waals surface area contributed by atoms with E-state index in [1.807, 2.05) is 42.5 Å². The molecule has 0 spiro atoms. The second-order valence-electron chi connectivity index (χ2n) is 8.42. The molecule has 6 nitrogen and oxygen atoms in total. The van der Waals surface area contributed by atoms with Gasteiger partial charge >= 0.3 is 0 Å². The molecule has 1 aliphatic heterocycles. The number of aliphatic hydroxyl groups excluding tert-OH is 1. The number of nitrogens with zero attached hydrogens (tertiary/aromatic N) is 1. The monoisotopic (exact) mass is 431 g/mol. The average molecular weight is 431 g/mol. The molecule has 1 saturated carbocycles. The van der Waals surface area contributed by atoms with E-state index in [2.05, 4.69) is 0 Å². The summed E-state index contributed by atoms with van der Waals surface area (Å²) in [5.41, 5.74) is 1.38. The number of ketones is 1. The number of carbonyl (C=O) groups is 2. The first kappa shape index (κ1) is 20.4. The number of hydrogen-bond acceptors (Lipinski definition) is 5. The van der Waals surface area contributed by atoms with Crippen LogP contribution in [0.2, 0.25) is 0 Å². The molecule has 164 valence electrons. The molecule has 5 rings (SSSR count). The summed E-state index contributed by atoms with van der Waals surface area (Å²) < 4.78 is 11.2. The van der Waals surface area contributed by atoms with Crippen LogP contribution in [-0.4, -0.2) is 34.8 Å². The maximum absolute atomic E-state index is 13.6. The van der Waals surface area contributed by atoms with Gasteiger partial charge in [-0.1, -0.05) is 49.6 Å². The summed E-state index contributed by atoms with van der Waals surface area (Å²) >= 11 is 0. The summed E-state index contributed by atoms with van der Waals surface area (Å²) in [4.78, 5) is 28.6. The third-order valence-electron chi connectivity index (χ3n) is 6.52. The number of fused-ring (bicyclic) bond motifs is 1. The van der Waals surface area contributed by atoms with Crippen LogP contribution in [-0.2, 0) is 4.79 Å². The van der Waals surface area contributed by atoms with E-state index >= 15 is 0 Å². The number of benzene rings is 2. The van der Waals surface area contributed by atoms with Gasteiger partial charge in [0.1, 0.15) is 11.3 Å². The molecule has 0 saturated heterocycles. The Kier molecular flexibility index (Phi) is 5.21. The molecule has 0 radical (unpaired) electrons. The maximum atomic E-state index is 13.6. The summed E-state index contributed by atoms with van der Waals surface area (Å²) in [7, 11) is 1.57. The molecule has 1 N–H and O–H groups in total. The van der Waals surface area contributed by atoms with Crippen molar-refractivity contribution in [3.8, 4) is 5.75 Å². The fourth-order valence-electron chi connectivity index (χ4n) is 4.96. The number of methoxy groups -OCH3 is 1. The first-order chi connectivity index (χ1) is 15.6. The van der Waals surface area contributed by atoms with Gasteiger partial charge in [0.05, 0.1) is 18.7 Å². The molecule has 1 amide bonds. The number of Topliss-reactive ketones (excluding diaryl/α,β-unsaturated/α-hetero) is 1. The zero-order valence-electron chi connectivity index (χ0n) is 17.9. The predicted molar refractivity (Wildman–Crippen MR) is 120 cm³/mol. The lowest BCUT2D eigenvalue weighted by Gasteiger charge is -2.36. The van der Waals surface area contributed by atoms with Gasteiger partial charge in [-0.2, -0.15) is 0 Å². The smallest absolute Gasteiger partial charge is 0.290 e. The molecule has 2 aromatic carbocycles. The van der Waals surface area contributed by atoms with E-state index in [-0.39, 0.29) is 17.4 Å². The number of amides is 1. The molecule has 1 aromatic heterocycles. The Bertz CT molecular complexity index is 1180. The summed E-state index contributed by atoms with van der Waals surface area (Å²) in [6, 6.07) is 15.6. The Morgan fingerprint density at radius 3 is 2.59 bits per heavy atom. The van der Waals surface area contributed by atoms with Gasteiger partial charge in [0.15, 0.2) is 11.5 Å². The van der Waals surface area contributed by atoms with Crippen molar-refractivity contribution in [1.29, 1.82) is 0 Å². The number of carbonyl (C=O) groups excluding carboxylic acids is 2. The summed E-state index contributed by atoms with van der Waals surface area (Å²) in [6.07, 6.45) is 4.88. The van der Waals surface area contributed by atoms with E-state index in [9.17, 15) is 14.7 Å².